The predicted octanol–water partition coefficient (Wildman–Crippen LogP) is 2.76. The van der Waals surface area contributed by atoms with Gasteiger partial charge in [-0.25, -0.2) is 15.2 Å². The first-order valence-electron chi connectivity index (χ1n) is 5.95. The van der Waals surface area contributed by atoms with Crippen LogP contribution in [-0.2, 0) is 0 Å². The van der Waals surface area contributed by atoms with E-state index in [1.165, 1.54) is 18.9 Å². The second-order valence-corrected chi connectivity index (χ2v) is 5.17. The van der Waals surface area contributed by atoms with E-state index in [1.807, 2.05) is 0 Å². The Morgan fingerprint density at radius 3 is 2.72 bits per heavy atom. The molecule has 1 aliphatic carbocycles. The van der Waals surface area contributed by atoms with Crippen LogP contribution in [0.1, 0.15) is 25.7 Å². The van der Waals surface area contributed by atoms with Crippen LogP contribution in [0.3, 0.4) is 0 Å². The SMILES string of the molecule is NNC(=NC1CCCC1)Nc1ccc(Br)c(F)c1. The fraction of sp³-hybridized carbons (Fsp3) is 0.417. The zero-order valence-electron chi connectivity index (χ0n) is 9.92. The first kappa shape index (κ1) is 13.3. The first-order chi connectivity index (χ1) is 8.69. The van der Waals surface area contributed by atoms with Gasteiger partial charge in [0.05, 0.1) is 10.5 Å². The highest BCUT2D eigenvalue weighted by Gasteiger charge is 2.14. The molecular weight excluding hydrogens is 299 g/mol. The van der Waals surface area contributed by atoms with Crippen molar-refractivity contribution < 1.29 is 4.39 Å². The summed E-state index contributed by atoms with van der Waals surface area (Å²) in [6, 6.07) is 5.10. The van der Waals surface area contributed by atoms with E-state index in [9.17, 15) is 4.39 Å². The molecule has 0 unspecified atom stereocenters. The van der Waals surface area contributed by atoms with Gasteiger partial charge in [0.2, 0.25) is 5.96 Å². The Balaban J connectivity index is 2.07. The third-order valence-corrected chi connectivity index (χ3v) is 3.60. The Labute approximate surface area is 114 Å². The number of rotatable bonds is 2. The van der Waals surface area contributed by atoms with Gasteiger partial charge in [-0.3, -0.25) is 5.43 Å². The van der Waals surface area contributed by atoms with Crippen LogP contribution in [0.2, 0.25) is 0 Å². The number of anilines is 1. The van der Waals surface area contributed by atoms with Crippen molar-refractivity contribution in [3.63, 3.8) is 0 Å². The van der Waals surface area contributed by atoms with Crippen molar-refractivity contribution >= 4 is 27.6 Å². The fourth-order valence-corrected chi connectivity index (χ4v) is 2.28. The molecule has 0 saturated heterocycles. The highest BCUT2D eigenvalue weighted by molar-refractivity contribution is 9.10. The maximum Gasteiger partial charge on any atom is 0.210 e. The third kappa shape index (κ3) is 3.43. The summed E-state index contributed by atoms with van der Waals surface area (Å²) in [5, 5.41) is 2.98. The second kappa shape index (κ2) is 6.15. The van der Waals surface area contributed by atoms with Crippen molar-refractivity contribution in [2.24, 2.45) is 10.8 Å². The standard InChI is InChI=1S/C12H16BrFN4/c13-10-6-5-9(7-11(10)14)17-12(18-15)16-8-3-1-2-4-8/h5-8H,1-4,15H2,(H2,16,17,18). The zero-order chi connectivity index (χ0) is 13.0. The predicted molar refractivity (Wildman–Crippen MR) is 74.7 cm³/mol. The van der Waals surface area contributed by atoms with Gasteiger partial charge in [0.15, 0.2) is 0 Å². The lowest BCUT2D eigenvalue weighted by Gasteiger charge is -2.12. The highest BCUT2D eigenvalue weighted by atomic mass is 79.9. The molecular formula is C12H16BrFN4. The number of halogens is 2. The third-order valence-electron chi connectivity index (χ3n) is 2.96. The van der Waals surface area contributed by atoms with Crippen LogP contribution in [0, 0.1) is 5.82 Å². The van der Waals surface area contributed by atoms with E-state index in [-0.39, 0.29) is 5.82 Å². The summed E-state index contributed by atoms with van der Waals surface area (Å²) in [5.41, 5.74) is 3.13. The summed E-state index contributed by atoms with van der Waals surface area (Å²) in [5.74, 6) is 5.57. The molecule has 0 amide bonds. The van der Waals surface area contributed by atoms with Gasteiger partial charge >= 0.3 is 0 Å². The minimum absolute atomic E-state index is 0.309. The van der Waals surface area contributed by atoms with Gasteiger partial charge in [-0.2, -0.15) is 0 Å². The monoisotopic (exact) mass is 314 g/mol. The Bertz CT molecular complexity index is 444. The number of hydrazine groups is 1. The molecule has 6 heteroatoms. The number of guanidine groups is 1. The van der Waals surface area contributed by atoms with E-state index in [4.69, 9.17) is 5.84 Å². The summed E-state index contributed by atoms with van der Waals surface area (Å²) < 4.78 is 13.8. The molecule has 0 bridgehead atoms. The number of benzene rings is 1. The molecule has 4 N–H and O–H groups in total. The Morgan fingerprint density at radius 1 is 1.39 bits per heavy atom. The lowest BCUT2D eigenvalue weighted by Crippen LogP contribution is -2.37. The van der Waals surface area contributed by atoms with Crippen molar-refractivity contribution in [1.82, 2.24) is 5.43 Å². The Morgan fingerprint density at radius 2 is 2.11 bits per heavy atom. The van der Waals surface area contributed by atoms with Crippen molar-refractivity contribution in [2.45, 2.75) is 31.7 Å². The molecule has 0 spiro atoms. The van der Waals surface area contributed by atoms with E-state index in [1.54, 1.807) is 12.1 Å². The summed E-state index contributed by atoms with van der Waals surface area (Å²) >= 11 is 3.11. The molecule has 2 rings (SSSR count). The first-order valence-corrected chi connectivity index (χ1v) is 6.75. The largest absolute Gasteiger partial charge is 0.325 e. The van der Waals surface area contributed by atoms with Crippen LogP contribution >= 0.6 is 15.9 Å². The maximum absolute atomic E-state index is 13.4. The summed E-state index contributed by atoms with van der Waals surface area (Å²) in [4.78, 5) is 4.48. The van der Waals surface area contributed by atoms with Gasteiger partial charge in [0, 0.05) is 5.69 Å². The smallest absolute Gasteiger partial charge is 0.210 e. The molecule has 18 heavy (non-hydrogen) atoms. The molecule has 0 heterocycles. The van der Waals surface area contributed by atoms with Gasteiger partial charge in [-0.15, -0.1) is 0 Å². The fourth-order valence-electron chi connectivity index (χ4n) is 2.03. The van der Waals surface area contributed by atoms with Crippen molar-refractivity contribution in [3.8, 4) is 0 Å². The second-order valence-electron chi connectivity index (χ2n) is 4.31. The van der Waals surface area contributed by atoms with Gasteiger partial charge < -0.3 is 5.32 Å². The van der Waals surface area contributed by atoms with Crippen LogP contribution < -0.4 is 16.6 Å². The molecule has 1 aromatic carbocycles. The van der Waals surface area contributed by atoms with E-state index < -0.39 is 0 Å². The van der Waals surface area contributed by atoms with E-state index in [0.717, 1.165) is 12.8 Å². The molecule has 1 saturated carbocycles. The van der Waals surface area contributed by atoms with Crippen LogP contribution in [-0.4, -0.2) is 12.0 Å². The van der Waals surface area contributed by atoms with E-state index in [2.05, 4.69) is 31.7 Å². The normalized spacial score (nSPS) is 16.9. The molecule has 1 aliphatic rings. The van der Waals surface area contributed by atoms with Crippen LogP contribution in [0.25, 0.3) is 0 Å². The van der Waals surface area contributed by atoms with Crippen LogP contribution in [0.5, 0.6) is 0 Å². The summed E-state index contributed by atoms with van der Waals surface area (Å²) in [7, 11) is 0. The number of hydrogen-bond acceptors (Lipinski definition) is 2. The van der Waals surface area contributed by atoms with Crippen molar-refractivity contribution in [1.29, 1.82) is 0 Å². The molecule has 0 aromatic heterocycles. The van der Waals surface area contributed by atoms with Crippen LogP contribution in [0.15, 0.2) is 27.7 Å². The van der Waals surface area contributed by atoms with Gasteiger partial charge in [-0.1, -0.05) is 12.8 Å². The topological polar surface area (TPSA) is 62.4 Å². The molecule has 0 radical (unpaired) electrons. The highest BCUT2D eigenvalue weighted by Crippen LogP contribution is 2.22. The quantitative estimate of drug-likeness (QED) is 0.340. The number of nitrogens with one attached hydrogen (secondary N) is 2. The number of nitrogens with zero attached hydrogens (tertiary/aromatic N) is 1. The van der Waals surface area contributed by atoms with Crippen molar-refractivity contribution in [2.75, 3.05) is 5.32 Å². The minimum Gasteiger partial charge on any atom is -0.325 e. The average Bonchev–Trinajstić information content (AvgIpc) is 2.86. The van der Waals surface area contributed by atoms with Gasteiger partial charge in [-0.05, 0) is 47.0 Å². The van der Waals surface area contributed by atoms with E-state index >= 15 is 0 Å². The Kier molecular flexibility index (Phi) is 4.54. The summed E-state index contributed by atoms with van der Waals surface area (Å²) in [6.07, 6.45) is 4.58. The molecule has 4 nitrogen and oxygen atoms in total. The zero-order valence-corrected chi connectivity index (χ0v) is 11.5. The molecule has 98 valence electrons. The molecule has 0 atom stereocenters. The molecule has 1 aromatic rings. The average molecular weight is 315 g/mol. The van der Waals surface area contributed by atoms with Gasteiger partial charge in [0.1, 0.15) is 5.82 Å². The molecule has 0 aliphatic heterocycles. The maximum atomic E-state index is 13.4. The lowest BCUT2D eigenvalue weighted by atomic mass is 10.3. The number of hydrogen-bond donors (Lipinski definition) is 3. The lowest BCUT2D eigenvalue weighted by molar-refractivity contribution is 0.622. The van der Waals surface area contributed by atoms with E-state index in [0.29, 0.717) is 22.2 Å². The van der Waals surface area contributed by atoms with Crippen LogP contribution in [0.4, 0.5) is 10.1 Å². The Hall–Kier alpha value is -1.14. The summed E-state index contributed by atoms with van der Waals surface area (Å²) in [6.45, 7) is 0. The van der Waals surface area contributed by atoms with Gasteiger partial charge in [0.25, 0.3) is 0 Å². The molecule has 1 fully saturated rings. The minimum atomic E-state index is -0.322. The van der Waals surface area contributed by atoms with Crippen molar-refractivity contribution in [3.05, 3.63) is 28.5 Å². The number of nitrogens with two attached hydrogens (primary N) is 1. The number of aliphatic imine (C=N–C) groups is 1.